The number of carbonyl (C=O) groups excluding carboxylic acids is 1. The zero-order valence-electron chi connectivity index (χ0n) is 11.0. The Hall–Kier alpha value is -1.62. The lowest BCUT2D eigenvalue weighted by molar-refractivity contribution is -0.117. The molecule has 5 heteroatoms. The molecule has 4 nitrogen and oxygen atoms in total. The number of hydrogen-bond acceptors (Lipinski definition) is 3. The Labute approximate surface area is 107 Å². The van der Waals surface area contributed by atoms with Gasteiger partial charge in [0.25, 0.3) is 0 Å². The molecule has 0 saturated heterocycles. The second-order valence-electron chi connectivity index (χ2n) is 4.49. The van der Waals surface area contributed by atoms with Gasteiger partial charge in [0.05, 0.1) is 17.4 Å². The lowest BCUT2D eigenvalue weighted by Crippen LogP contribution is -2.35. The molecule has 0 fully saturated rings. The van der Waals surface area contributed by atoms with E-state index in [-0.39, 0.29) is 11.9 Å². The summed E-state index contributed by atoms with van der Waals surface area (Å²) in [5.74, 6) is -0.709. The van der Waals surface area contributed by atoms with E-state index in [0.29, 0.717) is 17.8 Å². The van der Waals surface area contributed by atoms with Gasteiger partial charge in [-0.3, -0.25) is 4.79 Å². The van der Waals surface area contributed by atoms with Crippen LogP contribution in [-0.4, -0.2) is 18.0 Å². The predicted molar refractivity (Wildman–Crippen MR) is 72.1 cm³/mol. The quantitative estimate of drug-likeness (QED) is 0.754. The van der Waals surface area contributed by atoms with E-state index in [0.717, 1.165) is 0 Å². The highest BCUT2D eigenvalue weighted by atomic mass is 19.1. The van der Waals surface area contributed by atoms with Gasteiger partial charge in [0.2, 0.25) is 5.91 Å². The normalized spacial score (nSPS) is 12.3. The van der Waals surface area contributed by atoms with Crippen LogP contribution in [0.4, 0.5) is 15.8 Å². The second-order valence-corrected chi connectivity index (χ2v) is 4.49. The largest absolute Gasteiger partial charge is 0.381 e. The number of nitrogens with two attached hydrogens (primary N) is 1. The number of nitrogens with one attached hydrogen (secondary N) is 2. The third kappa shape index (κ3) is 4.00. The molecule has 0 radical (unpaired) electrons. The molecular formula is C13H20FN3O. The first-order valence-electron chi connectivity index (χ1n) is 6.06. The molecule has 0 aliphatic rings. The molecule has 0 bridgehead atoms. The number of benzene rings is 1. The van der Waals surface area contributed by atoms with Crippen LogP contribution in [0, 0.1) is 5.82 Å². The smallest absolute Gasteiger partial charge is 0.241 e. The van der Waals surface area contributed by atoms with Gasteiger partial charge in [-0.25, -0.2) is 4.39 Å². The summed E-state index contributed by atoms with van der Waals surface area (Å²) in [5, 5.41) is 5.78. The van der Waals surface area contributed by atoms with E-state index >= 15 is 0 Å². The molecule has 0 spiro atoms. The van der Waals surface area contributed by atoms with E-state index in [1.807, 2.05) is 20.8 Å². The molecule has 18 heavy (non-hydrogen) atoms. The van der Waals surface area contributed by atoms with Gasteiger partial charge in [0.15, 0.2) is 0 Å². The van der Waals surface area contributed by atoms with Crippen molar-refractivity contribution in [2.24, 2.45) is 5.73 Å². The summed E-state index contributed by atoms with van der Waals surface area (Å²) in [6.45, 7) is 5.75. The van der Waals surface area contributed by atoms with Gasteiger partial charge in [-0.15, -0.1) is 0 Å². The second kappa shape index (κ2) is 6.35. The first-order valence-corrected chi connectivity index (χ1v) is 6.06. The zero-order chi connectivity index (χ0) is 13.7. The molecule has 0 heterocycles. The Morgan fingerprint density at radius 1 is 1.39 bits per heavy atom. The zero-order valence-corrected chi connectivity index (χ0v) is 11.0. The minimum absolute atomic E-state index is 0.186. The molecule has 1 aromatic rings. The van der Waals surface area contributed by atoms with Crippen molar-refractivity contribution >= 4 is 17.3 Å². The van der Waals surface area contributed by atoms with E-state index < -0.39 is 11.9 Å². The lowest BCUT2D eigenvalue weighted by Gasteiger charge is -2.17. The number of rotatable bonds is 5. The third-order valence-electron chi connectivity index (χ3n) is 2.46. The minimum atomic E-state index is -0.583. The van der Waals surface area contributed by atoms with E-state index in [1.165, 1.54) is 12.1 Å². The summed E-state index contributed by atoms with van der Waals surface area (Å²) in [6, 6.07) is 3.83. The van der Waals surface area contributed by atoms with Gasteiger partial charge in [-0.05, 0) is 38.5 Å². The van der Waals surface area contributed by atoms with Crippen LogP contribution < -0.4 is 16.4 Å². The topological polar surface area (TPSA) is 67.2 Å². The molecule has 1 aromatic carbocycles. The lowest BCUT2D eigenvalue weighted by atomic mass is 10.2. The summed E-state index contributed by atoms with van der Waals surface area (Å²) >= 11 is 0. The van der Waals surface area contributed by atoms with E-state index in [2.05, 4.69) is 10.6 Å². The summed E-state index contributed by atoms with van der Waals surface area (Å²) in [7, 11) is 0. The van der Waals surface area contributed by atoms with Crippen LogP contribution in [0.25, 0.3) is 0 Å². The molecule has 0 aliphatic carbocycles. The van der Waals surface area contributed by atoms with Crippen LogP contribution in [-0.2, 0) is 4.79 Å². The summed E-state index contributed by atoms with van der Waals surface area (Å²) in [4.78, 5) is 11.7. The molecule has 1 rings (SSSR count). The fourth-order valence-electron chi connectivity index (χ4n) is 1.47. The van der Waals surface area contributed by atoms with Crippen LogP contribution in [0.15, 0.2) is 18.2 Å². The van der Waals surface area contributed by atoms with Crippen LogP contribution in [0.2, 0.25) is 0 Å². The van der Waals surface area contributed by atoms with Gasteiger partial charge in [-0.1, -0.05) is 6.92 Å². The number of carbonyl (C=O) groups is 1. The van der Waals surface area contributed by atoms with Crippen molar-refractivity contribution in [2.45, 2.75) is 39.3 Å². The number of anilines is 2. The SMILES string of the molecule is CC[C@H](N)C(=O)Nc1cc(F)ccc1NC(C)C. The van der Waals surface area contributed by atoms with Gasteiger partial charge in [0, 0.05) is 6.04 Å². The maximum Gasteiger partial charge on any atom is 0.241 e. The maximum absolute atomic E-state index is 13.2. The number of amides is 1. The van der Waals surface area contributed by atoms with Crippen molar-refractivity contribution in [3.8, 4) is 0 Å². The molecule has 100 valence electrons. The molecular weight excluding hydrogens is 233 g/mol. The van der Waals surface area contributed by atoms with Crippen molar-refractivity contribution in [1.29, 1.82) is 0 Å². The van der Waals surface area contributed by atoms with Gasteiger partial charge >= 0.3 is 0 Å². The molecule has 1 atom stereocenters. The summed E-state index contributed by atoms with van der Waals surface area (Å²) in [6.07, 6.45) is 0.536. The minimum Gasteiger partial charge on any atom is -0.381 e. The van der Waals surface area contributed by atoms with Gasteiger partial charge in [-0.2, -0.15) is 0 Å². The Morgan fingerprint density at radius 2 is 2.06 bits per heavy atom. The first-order chi connectivity index (χ1) is 8.43. The van der Waals surface area contributed by atoms with Crippen LogP contribution >= 0.6 is 0 Å². The highest BCUT2D eigenvalue weighted by molar-refractivity contribution is 5.97. The average Bonchev–Trinajstić information content (AvgIpc) is 2.31. The monoisotopic (exact) mass is 253 g/mol. The van der Waals surface area contributed by atoms with E-state index in [4.69, 9.17) is 5.73 Å². The highest BCUT2D eigenvalue weighted by Gasteiger charge is 2.14. The standard InChI is InChI=1S/C13H20FN3O/c1-4-10(15)13(18)17-12-7-9(14)5-6-11(12)16-8(2)3/h5-8,10,16H,4,15H2,1-3H3,(H,17,18)/t10-/m0/s1. The Kier molecular flexibility index (Phi) is 5.09. The molecule has 0 saturated carbocycles. The fraction of sp³-hybridized carbons (Fsp3) is 0.462. The highest BCUT2D eigenvalue weighted by Crippen LogP contribution is 2.23. The molecule has 0 aliphatic heterocycles. The van der Waals surface area contributed by atoms with Crippen molar-refractivity contribution in [3.05, 3.63) is 24.0 Å². The third-order valence-corrected chi connectivity index (χ3v) is 2.46. The van der Waals surface area contributed by atoms with Gasteiger partial charge in [0.1, 0.15) is 5.82 Å². The summed E-state index contributed by atoms with van der Waals surface area (Å²) < 4.78 is 13.2. The van der Waals surface area contributed by atoms with E-state index in [9.17, 15) is 9.18 Å². The van der Waals surface area contributed by atoms with Crippen LogP contribution in [0.5, 0.6) is 0 Å². The summed E-state index contributed by atoms with van der Waals surface area (Å²) in [5.41, 5.74) is 6.73. The van der Waals surface area contributed by atoms with Crippen molar-refractivity contribution in [1.82, 2.24) is 0 Å². The predicted octanol–water partition coefficient (Wildman–Crippen LogP) is 2.32. The van der Waals surface area contributed by atoms with E-state index in [1.54, 1.807) is 6.07 Å². The van der Waals surface area contributed by atoms with Crippen LogP contribution in [0.1, 0.15) is 27.2 Å². The fourth-order valence-corrected chi connectivity index (χ4v) is 1.47. The van der Waals surface area contributed by atoms with Crippen molar-refractivity contribution in [3.63, 3.8) is 0 Å². The Bertz CT molecular complexity index is 421. The molecule has 4 N–H and O–H groups in total. The molecule has 0 unspecified atom stereocenters. The Morgan fingerprint density at radius 3 is 2.61 bits per heavy atom. The van der Waals surface area contributed by atoms with Crippen molar-refractivity contribution < 1.29 is 9.18 Å². The maximum atomic E-state index is 13.2. The average molecular weight is 253 g/mol. The number of halogens is 1. The van der Waals surface area contributed by atoms with Crippen LogP contribution in [0.3, 0.4) is 0 Å². The number of hydrogen-bond donors (Lipinski definition) is 3. The Balaban J connectivity index is 2.91. The first kappa shape index (κ1) is 14.4. The molecule has 0 aromatic heterocycles. The molecule has 1 amide bonds. The van der Waals surface area contributed by atoms with Crippen molar-refractivity contribution in [2.75, 3.05) is 10.6 Å². The van der Waals surface area contributed by atoms with Gasteiger partial charge < -0.3 is 16.4 Å².